The van der Waals surface area contributed by atoms with E-state index >= 15 is 0 Å². The van der Waals surface area contributed by atoms with Crippen LogP contribution in [0.25, 0.3) is 0 Å². The number of hydrogen-bond donors (Lipinski definition) is 3. The monoisotopic (exact) mass is 245 g/mol. The minimum atomic E-state index is -4.76. The molecule has 0 amide bonds. The van der Waals surface area contributed by atoms with Crippen LogP contribution >= 0.6 is 0 Å². The SMILES string of the molecule is CCNc1ccccc1[As](=O)(O)O. The standard InChI is InChI=1S/C8H12AsNO3/c1-2-10-8-6-4-3-5-7(8)9(11,12)13/h3-6,10H,2H2,1H3,(H2,11,12,13). The van der Waals surface area contributed by atoms with Crippen molar-refractivity contribution in [1.29, 1.82) is 0 Å². The van der Waals surface area contributed by atoms with Crippen molar-refractivity contribution < 1.29 is 11.9 Å². The molecular formula is C8H12AsNO3. The minimum absolute atomic E-state index is 0.113. The second-order valence-electron chi connectivity index (χ2n) is 2.59. The maximum atomic E-state index is 11.0. The molecule has 72 valence electrons. The van der Waals surface area contributed by atoms with Gasteiger partial charge in [-0.05, 0) is 0 Å². The van der Waals surface area contributed by atoms with Crippen LogP contribution < -0.4 is 9.67 Å². The van der Waals surface area contributed by atoms with E-state index in [1.807, 2.05) is 6.92 Å². The van der Waals surface area contributed by atoms with Gasteiger partial charge in [0.05, 0.1) is 0 Å². The second kappa shape index (κ2) is 4.00. The summed E-state index contributed by atoms with van der Waals surface area (Å²) in [4.78, 5) is 0. The van der Waals surface area contributed by atoms with E-state index in [9.17, 15) is 3.74 Å². The van der Waals surface area contributed by atoms with Crippen LogP contribution in [0.4, 0.5) is 5.69 Å². The number of nitrogens with one attached hydrogen (secondary N) is 1. The van der Waals surface area contributed by atoms with Crippen LogP contribution in [0.15, 0.2) is 24.3 Å². The van der Waals surface area contributed by atoms with E-state index in [1.165, 1.54) is 6.07 Å². The summed E-state index contributed by atoms with van der Waals surface area (Å²) in [6, 6.07) is 6.49. The molecule has 5 heteroatoms. The third-order valence-electron chi connectivity index (χ3n) is 1.59. The second-order valence-corrected chi connectivity index (χ2v) is 5.89. The molecule has 0 bridgehead atoms. The van der Waals surface area contributed by atoms with Gasteiger partial charge in [-0.2, -0.15) is 0 Å². The van der Waals surface area contributed by atoms with Gasteiger partial charge in [0.1, 0.15) is 0 Å². The van der Waals surface area contributed by atoms with Gasteiger partial charge in [0.15, 0.2) is 0 Å². The number of benzene rings is 1. The molecule has 4 nitrogen and oxygen atoms in total. The summed E-state index contributed by atoms with van der Waals surface area (Å²) in [5, 5.41) is 2.91. The van der Waals surface area contributed by atoms with Crippen LogP contribution in [0.3, 0.4) is 0 Å². The van der Waals surface area contributed by atoms with Crippen molar-refractivity contribution >= 4 is 24.2 Å². The average molecular weight is 245 g/mol. The predicted molar refractivity (Wildman–Crippen MR) is 51.1 cm³/mol. The fraction of sp³-hybridized carbons (Fsp3) is 0.250. The Morgan fingerprint density at radius 2 is 2.00 bits per heavy atom. The summed E-state index contributed by atoms with van der Waals surface area (Å²) < 4.78 is 29.2. The Hall–Kier alpha value is -0.702. The van der Waals surface area contributed by atoms with E-state index in [2.05, 4.69) is 5.32 Å². The third-order valence-corrected chi connectivity index (χ3v) is 3.72. The van der Waals surface area contributed by atoms with Gasteiger partial charge in [0, 0.05) is 0 Å². The number of hydrogen-bond acceptors (Lipinski definition) is 2. The summed E-state index contributed by atoms with van der Waals surface area (Å²) in [6.07, 6.45) is 0. The molecule has 0 aliphatic rings. The Balaban J connectivity index is 3.12. The summed E-state index contributed by atoms with van der Waals surface area (Å²) in [5.41, 5.74) is 0.525. The fourth-order valence-electron chi connectivity index (χ4n) is 1.07. The van der Waals surface area contributed by atoms with E-state index in [1.54, 1.807) is 18.2 Å². The first-order chi connectivity index (χ1) is 6.05. The Labute approximate surface area is 79.6 Å². The van der Waals surface area contributed by atoms with E-state index in [4.69, 9.17) is 8.19 Å². The molecule has 0 fully saturated rings. The van der Waals surface area contributed by atoms with Crippen molar-refractivity contribution in [2.45, 2.75) is 6.92 Å². The first-order valence-electron chi connectivity index (χ1n) is 3.94. The first kappa shape index (κ1) is 10.4. The zero-order chi connectivity index (χ0) is 9.90. The van der Waals surface area contributed by atoms with Crippen molar-refractivity contribution in [1.82, 2.24) is 0 Å². The Bertz CT molecular complexity index is 334. The van der Waals surface area contributed by atoms with Crippen molar-refractivity contribution in [3.05, 3.63) is 24.3 Å². The van der Waals surface area contributed by atoms with E-state index in [0.29, 0.717) is 12.2 Å². The van der Waals surface area contributed by atoms with Crippen molar-refractivity contribution in [2.24, 2.45) is 0 Å². The topological polar surface area (TPSA) is 69.6 Å². The van der Waals surface area contributed by atoms with Crippen LogP contribution in [0, 0.1) is 0 Å². The van der Waals surface area contributed by atoms with Crippen LogP contribution in [-0.2, 0) is 3.74 Å². The Morgan fingerprint density at radius 3 is 2.54 bits per heavy atom. The van der Waals surface area contributed by atoms with Gasteiger partial charge in [-0.3, -0.25) is 0 Å². The van der Waals surface area contributed by atoms with E-state index in [0.717, 1.165) is 0 Å². The number of rotatable bonds is 3. The zero-order valence-electron chi connectivity index (χ0n) is 7.27. The molecule has 13 heavy (non-hydrogen) atoms. The van der Waals surface area contributed by atoms with Crippen molar-refractivity contribution in [3.63, 3.8) is 0 Å². The fourth-order valence-corrected chi connectivity index (χ4v) is 2.64. The molecule has 0 saturated heterocycles. The van der Waals surface area contributed by atoms with Gasteiger partial charge < -0.3 is 0 Å². The first-order valence-corrected chi connectivity index (χ1v) is 7.33. The molecule has 1 aromatic rings. The molecule has 0 radical (unpaired) electrons. The normalized spacial score (nSPS) is 11.3. The quantitative estimate of drug-likeness (QED) is 0.638. The maximum absolute atomic E-state index is 11.0. The molecule has 0 aliphatic heterocycles. The van der Waals surface area contributed by atoms with E-state index < -0.39 is 14.2 Å². The molecule has 0 spiro atoms. The van der Waals surface area contributed by atoms with Gasteiger partial charge in [-0.15, -0.1) is 0 Å². The Morgan fingerprint density at radius 1 is 1.38 bits per heavy atom. The summed E-state index contributed by atoms with van der Waals surface area (Å²) in [7, 11) is 0. The van der Waals surface area contributed by atoms with Gasteiger partial charge in [-0.1, -0.05) is 0 Å². The summed E-state index contributed by atoms with van der Waals surface area (Å²) >= 11 is -4.76. The van der Waals surface area contributed by atoms with Gasteiger partial charge >= 0.3 is 79.2 Å². The Kier molecular flexibility index (Phi) is 3.20. The van der Waals surface area contributed by atoms with Crippen LogP contribution in [0.2, 0.25) is 0 Å². The molecular weight excluding hydrogens is 233 g/mol. The number of para-hydroxylation sites is 1. The van der Waals surface area contributed by atoms with Crippen LogP contribution in [-0.4, -0.2) is 28.9 Å². The zero-order valence-corrected chi connectivity index (χ0v) is 9.14. The molecule has 3 N–H and O–H groups in total. The molecule has 1 aromatic carbocycles. The van der Waals surface area contributed by atoms with Crippen LogP contribution in [0.1, 0.15) is 6.92 Å². The van der Waals surface area contributed by atoms with Gasteiger partial charge in [-0.25, -0.2) is 0 Å². The molecule has 0 aliphatic carbocycles. The molecule has 0 heterocycles. The third kappa shape index (κ3) is 2.62. The van der Waals surface area contributed by atoms with Gasteiger partial charge in [0.25, 0.3) is 0 Å². The van der Waals surface area contributed by atoms with Gasteiger partial charge in [0.2, 0.25) is 0 Å². The van der Waals surface area contributed by atoms with Crippen molar-refractivity contribution in [3.8, 4) is 0 Å². The molecule has 0 aromatic heterocycles. The predicted octanol–water partition coefficient (Wildman–Crippen LogP) is -0.321. The summed E-state index contributed by atoms with van der Waals surface area (Å²) in [5.74, 6) is 0. The van der Waals surface area contributed by atoms with Crippen molar-refractivity contribution in [2.75, 3.05) is 11.9 Å². The molecule has 0 atom stereocenters. The molecule has 0 saturated carbocycles. The van der Waals surface area contributed by atoms with E-state index in [-0.39, 0.29) is 4.35 Å². The number of anilines is 1. The average Bonchev–Trinajstić information content (AvgIpc) is 2.04. The molecule has 1 rings (SSSR count). The summed E-state index contributed by atoms with van der Waals surface area (Å²) in [6.45, 7) is 2.52. The molecule has 0 unspecified atom stereocenters. The van der Waals surface area contributed by atoms with Crippen LogP contribution in [0.5, 0.6) is 0 Å².